The number of carbonyl (C=O) groups excluding carboxylic acids is 1. The smallest absolute Gasteiger partial charge is 0.263 e. The minimum atomic E-state index is -3.76. The third kappa shape index (κ3) is 6.51. The molecule has 0 aliphatic rings. The van der Waals surface area contributed by atoms with E-state index in [0.29, 0.717) is 40.9 Å². The lowest BCUT2D eigenvalue weighted by molar-refractivity contribution is -0.121. The van der Waals surface area contributed by atoms with Crippen LogP contribution in [0.1, 0.15) is 19.4 Å². The van der Waals surface area contributed by atoms with E-state index in [1.165, 1.54) is 34.5 Å². The van der Waals surface area contributed by atoms with Crippen molar-refractivity contribution >= 4 is 27.8 Å². The molecule has 1 N–H and O–H groups in total. The highest BCUT2D eigenvalue weighted by Crippen LogP contribution is 2.37. The zero-order valence-electron chi connectivity index (χ0n) is 19.5. The first-order valence-corrected chi connectivity index (χ1v) is 11.9. The van der Waals surface area contributed by atoms with Gasteiger partial charge < -0.3 is 18.9 Å². The first kappa shape index (κ1) is 25.8. The molecule has 0 spiro atoms. The van der Waals surface area contributed by atoms with Gasteiger partial charge in [-0.2, -0.15) is 5.10 Å². The van der Waals surface area contributed by atoms with Crippen molar-refractivity contribution in [2.75, 3.05) is 38.5 Å². The second-order valence-electron chi connectivity index (χ2n) is 6.85. The van der Waals surface area contributed by atoms with Crippen molar-refractivity contribution < 1.29 is 32.2 Å². The summed E-state index contributed by atoms with van der Waals surface area (Å²) in [6.45, 7) is 3.81. The van der Waals surface area contributed by atoms with E-state index in [2.05, 4.69) is 10.5 Å². The minimum absolute atomic E-state index is 0.331. The van der Waals surface area contributed by atoms with E-state index < -0.39 is 22.0 Å². The summed E-state index contributed by atoms with van der Waals surface area (Å²) in [5.41, 5.74) is 3.28. The molecule has 0 bridgehead atoms. The number of benzene rings is 2. The topological polar surface area (TPSA) is 116 Å². The number of amides is 1. The molecule has 0 aliphatic carbocycles. The maximum absolute atomic E-state index is 12.7. The van der Waals surface area contributed by atoms with Gasteiger partial charge in [-0.15, -0.1) is 0 Å². The normalized spacial score (nSPS) is 12.2. The van der Waals surface area contributed by atoms with Crippen LogP contribution in [-0.4, -0.2) is 60.8 Å². The van der Waals surface area contributed by atoms with Crippen molar-refractivity contribution in [3.63, 3.8) is 0 Å². The second-order valence-corrected chi connectivity index (χ2v) is 8.71. The van der Waals surface area contributed by atoms with Crippen LogP contribution in [0.15, 0.2) is 41.5 Å². The Hall–Kier alpha value is -3.47. The molecule has 10 nitrogen and oxygen atoms in total. The molecule has 0 heterocycles. The van der Waals surface area contributed by atoms with Crippen LogP contribution in [0.3, 0.4) is 0 Å². The molecule has 0 saturated heterocycles. The van der Waals surface area contributed by atoms with Crippen LogP contribution in [0, 0.1) is 0 Å². The molecule has 33 heavy (non-hydrogen) atoms. The summed E-state index contributed by atoms with van der Waals surface area (Å²) in [7, 11) is 0.713. The van der Waals surface area contributed by atoms with Crippen LogP contribution in [-0.2, 0) is 14.8 Å². The van der Waals surface area contributed by atoms with Gasteiger partial charge >= 0.3 is 0 Å². The highest BCUT2D eigenvalue weighted by molar-refractivity contribution is 7.92. The van der Waals surface area contributed by atoms with E-state index >= 15 is 0 Å². The average Bonchev–Trinajstić information content (AvgIpc) is 2.78. The van der Waals surface area contributed by atoms with Crippen LogP contribution in [0.5, 0.6) is 23.0 Å². The van der Waals surface area contributed by atoms with Gasteiger partial charge in [0.1, 0.15) is 11.8 Å². The zero-order valence-corrected chi connectivity index (χ0v) is 20.3. The molecule has 1 amide bonds. The molecule has 0 aliphatic heterocycles. The number of ether oxygens (including phenoxy) is 4. The molecule has 2 aromatic carbocycles. The summed E-state index contributed by atoms with van der Waals surface area (Å²) >= 11 is 0. The number of hydrazone groups is 1. The Morgan fingerprint density at radius 2 is 1.67 bits per heavy atom. The van der Waals surface area contributed by atoms with Gasteiger partial charge in [0.15, 0.2) is 11.5 Å². The Morgan fingerprint density at radius 1 is 1.09 bits per heavy atom. The summed E-state index contributed by atoms with van der Waals surface area (Å²) in [5.74, 6) is 1.27. The monoisotopic (exact) mass is 479 g/mol. The molecular weight excluding hydrogens is 450 g/mol. The maximum atomic E-state index is 12.7. The van der Waals surface area contributed by atoms with E-state index in [0.717, 1.165) is 10.6 Å². The number of anilines is 1. The number of hydrogen-bond donors (Lipinski definition) is 1. The quantitative estimate of drug-likeness (QED) is 0.389. The van der Waals surface area contributed by atoms with Gasteiger partial charge in [0.25, 0.3) is 5.91 Å². The van der Waals surface area contributed by atoms with Crippen LogP contribution in [0.25, 0.3) is 0 Å². The second kappa shape index (κ2) is 11.4. The fourth-order valence-electron chi connectivity index (χ4n) is 3.10. The van der Waals surface area contributed by atoms with Crippen molar-refractivity contribution in [1.82, 2.24) is 5.43 Å². The van der Waals surface area contributed by atoms with Crippen molar-refractivity contribution in [3.05, 3.63) is 42.0 Å². The number of nitrogens with zero attached hydrogens (tertiary/aromatic N) is 2. The number of carbonyl (C=O) groups is 1. The predicted molar refractivity (Wildman–Crippen MR) is 126 cm³/mol. The largest absolute Gasteiger partial charge is 0.494 e. The molecule has 11 heteroatoms. The molecule has 180 valence electrons. The lowest BCUT2D eigenvalue weighted by atomic mass is 10.2. The number of nitrogens with one attached hydrogen (secondary N) is 1. The van der Waals surface area contributed by atoms with Gasteiger partial charge in [-0.05, 0) is 50.2 Å². The van der Waals surface area contributed by atoms with E-state index in [-0.39, 0.29) is 0 Å². The predicted octanol–water partition coefficient (Wildman–Crippen LogP) is 2.42. The summed E-state index contributed by atoms with van der Waals surface area (Å²) < 4.78 is 47.1. The van der Waals surface area contributed by atoms with Crippen LogP contribution in [0.4, 0.5) is 5.69 Å². The van der Waals surface area contributed by atoms with Gasteiger partial charge in [-0.25, -0.2) is 13.8 Å². The van der Waals surface area contributed by atoms with Crippen molar-refractivity contribution in [3.8, 4) is 23.0 Å². The van der Waals surface area contributed by atoms with Gasteiger partial charge in [0.05, 0.1) is 46.1 Å². The first-order valence-electron chi connectivity index (χ1n) is 10.0. The summed E-state index contributed by atoms with van der Waals surface area (Å²) in [4.78, 5) is 12.7. The van der Waals surface area contributed by atoms with Crippen LogP contribution >= 0.6 is 0 Å². The van der Waals surface area contributed by atoms with Gasteiger partial charge in [0, 0.05) is 5.56 Å². The highest BCUT2D eigenvalue weighted by atomic mass is 32.2. The van der Waals surface area contributed by atoms with E-state index in [1.807, 2.05) is 6.92 Å². The van der Waals surface area contributed by atoms with Gasteiger partial charge in [-0.1, -0.05) is 0 Å². The standard InChI is InChI=1S/C22H29N3O7S/c1-7-32-18-10-8-17(9-11-18)25(33(6,27)28)15(2)22(26)24-23-14-16-12-19(29-3)21(31-5)20(13-16)30-4/h8-15H,7H2,1-6H3,(H,24,26)/b23-14-/t15-/m0/s1. The zero-order chi connectivity index (χ0) is 24.6. The van der Waals surface area contributed by atoms with E-state index in [4.69, 9.17) is 18.9 Å². The molecule has 0 unspecified atom stereocenters. The lowest BCUT2D eigenvalue weighted by Crippen LogP contribution is -2.46. The Morgan fingerprint density at radius 3 is 2.12 bits per heavy atom. The van der Waals surface area contributed by atoms with Crippen molar-refractivity contribution in [2.45, 2.75) is 19.9 Å². The summed E-state index contributed by atoms with van der Waals surface area (Å²) in [5, 5.41) is 3.95. The summed E-state index contributed by atoms with van der Waals surface area (Å²) in [6.07, 6.45) is 2.42. The Kier molecular flexibility index (Phi) is 8.92. The molecule has 2 rings (SSSR count). The van der Waals surface area contributed by atoms with E-state index in [9.17, 15) is 13.2 Å². The first-order chi connectivity index (χ1) is 15.7. The molecule has 0 saturated carbocycles. The molecule has 0 radical (unpaired) electrons. The Labute approximate surface area is 194 Å². The molecule has 2 aromatic rings. The third-order valence-corrected chi connectivity index (χ3v) is 5.81. The Bertz CT molecular complexity index is 1060. The van der Waals surface area contributed by atoms with Crippen molar-refractivity contribution in [2.24, 2.45) is 5.10 Å². The third-order valence-electron chi connectivity index (χ3n) is 4.57. The fraction of sp³-hybridized carbons (Fsp3) is 0.364. The SMILES string of the molecule is CCOc1ccc(N([C@@H](C)C(=O)N/N=C\c2cc(OC)c(OC)c(OC)c2)S(C)(=O)=O)cc1. The van der Waals surface area contributed by atoms with E-state index in [1.54, 1.807) is 36.4 Å². The van der Waals surface area contributed by atoms with Gasteiger partial charge in [0.2, 0.25) is 15.8 Å². The van der Waals surface area contributed by atoms with Gasteiger partial charge in [-0.3, -0.25) is 9.10 Å². The number of hydrogen-bond acceptors (Lipinski definition) is 8. The minimum Gasteiger partial charge on any atom is -0.494 e. The number of rotatable bonds is 11. The maximum Gasteiger partial charge on any atom is 0.263 e. The van der Waals surface area contributed by atoms with Crippen molar-refractivity contribution in [1.29, 1.82) is 0 Å². The molecular formula is C22H29N3O7S. The summed E-state index contributed by atoms with van der Waals surface area (Å²) in [6, 6.07) is 8.69. The highest BCUT2D eigenvalue weighted by Gasteiger charge is 2.29. The lowest BCUT2D eigenvalue weighted by Gasteiger charge is -2.27. The Balaban J connectivity index is 2.21. The number of methoxy groups -OCH3 is 3. The molecule has 0 aromatic heterocycles. The fourth-order valence-corrected chi connectivity index (χ4v) is 4.28. The number of sulfonamides is 1. The molecule has 0 fully saturated rings. The van der Waals surface area contributed by atoms with Crippen LogP contribution in [0.2, 0.25) is 0 Å². The molecule has 1 atom stereocenters. The average molecular weight is 480 g/mol. The van der Waals surface area contributed by atoms with Crippen LogP contribution < -0.4 is 28.7 Å².